The van der Waals surface area contributed by atoms with E-state index >= 15 is 0 Å². The van der Waals surface area contributed by atoms with Crippen molar-refractivity contribution in [2.75, 3.05) is 11.9 Å². The molecule has 1 atom stereocenters. The van der Waals surface area contributed by atoms with Crippen LogP contribution < -0.4 is 16.4 Å². The van der Waals surface area contributed by atoms with Crippen LogP contribution in [-0.4, -0.2) is 17.5 Å². The number of dihydropyridines is 1. The minimum atomic E-state index is 0.418. The van der Waals surface area contributed by atoms with Crippen LogP contribution in [0.3, 0.4) is 0 Å². The van der Waals surface area contributed by atoms with Gasteiger partial charge in [-0.25, -0.2) is 0 Å². The van der Waals surface area contributed by atoms with Gasteiger partial charge in [0.1, 0.15) is 5.82 Å². The number of nitrogens with two attached hydrogens (primary N) is 1. The topological polar surface area (TPSA) is 53.3 Å². The Morgan fingerprint density at radius 3 is 2.96 bits per heavy atom. The van der Waals surface area contributed by atoms with Crippen molar-refractivity contribution in [1.82, 2.24) is 10.2 Å². The molecule has 4 N–H and O–H groups in total. The van der Waals surface area contributed by atoms with E-state index in [0.29, 0.717) is 12.6 Å². The Labute approximate surface area is 168 Å². The van der Waals surface area contributed by atoms with Gasteiger partial charge in [0.2, 0.25) is 0 Å². The number of anilines is 1. The van der Waals surface area contributed by atoms with Crippen molar-refractivity contribution in [3.05, 3.63) is 64.4 Å². The molecule has 148 valence electrons. The van der Waals surface area contributed by atoms with E-state index in [9.17, 15) is 0 Å². The van der Waals surface area contributed by atoms with E-state index in [-0.39, 0.29) is 0 Å². The molecular formula is C22H34N4S. The second-order valence-corrected chi connectivity index (χ2v) is 7.81. The standard InChI is InChI=1S/C22H34N4S/c1-4-7-10-18(23)15-24-20-14-21(27-17-20)16-26(13-6-3)22-12-8-11-19(25-22)9-5-2/h6,8,10-14,17,19,24-25H,4-5,7,9,15-16,23H2,1-3H3/b13-6-,18-10-. The summed E-state index contributed by atoms with van der Waals surface area (Å²) < 4.78 is 0. The van der Waals surface area contributed by atoms with Crippen LogP contribution in [0.4, 0.5) is 5.69 Å². The van der Waals surface area contributed by atoms with Gasteiger partial charge >= 0.3 is 0 Å². The smallest absolute Gasteiger partial charge is 0.106 e. The fraction of sp³-hybridized carbons (Fsp3) is 0.455. The van der Waals surface area contributed by atoms with Crippen LogP contribution in [0.25, 0.3) is 0 Å². The first-order valence-corrected chi connectivity index (χ1v) is 10.8. The largest absolute Gasteiger partial charge is 0.401 e. The number of unbranched alkanes of at least 4 members (excludes halogenated alkanes) is 1. The van der Waals surface area contributed by atoms with Crippen LogP contribution in [0.5, 0.6) is 0 Å². The molecule has 0 aromatic carbocycles. The summed E-state index contributed by atoms with van der Waals surface area (Å²) in [4.78, 5) is 3.59. The molecule has 0 aliphatic carbocycles. The number of hydrogen-bond donors (Lipinski definition) is 3. The minimum absolute atomic E-state index is 0.418. The number of allylic oxidation sites excluding steroid dienone is 4. The van der Waals surface area contributed by atoms with E-state index in [4.69, 9.17) is 5.73 Å². The Morgan fingerprint density at radius 2 is 2.22 bits per heavy atom. The molecule has 1 aliphatic rings. The zero-order valence-electron chi connectivity index (χ0n) is 16.9. The minimum Gasteiger partial charge on any atom is -0.401 e. The predicted octanol–water partition coefficient (Wildman–Crippen LogP) is 5.31. The van der Waals surface area contributed by atoms with Gasteiger partial charge in [-0.3, -0.25) is 0 Å². The lowest BCUT2D eigenvalue weighted by Gasteiger charge is -2.29. The second-order valence-electron chi connectivity index (χ2n) is 6.81. The third-order valence-electron chi connectivity index (χ3n) is 4.34. The maximum absolute atomic E-state index is 6.03. The molecule has 0 saturated carbocycles. The molecular weight excluding hydrogens is 352 g/mol. The molecule has 1 unspecified atom stereocenters. The summed E-state index contributed by atoms with van der Waals surface area (Å²) in [6.07, 6.45) is 17.4. The van der Waals surface area contributed by atoms with Crippen molar-refractivity contribution in [3.63, 3.8) is 0 Å². The first kappa shape index (κ1) is 21.2. The van der Waals surface area contributed by atoms with Crippen LogP contribution >= 0.6 is 11.3 Å². The molecule has 0 fully saturated rings. The van der Waals surface area contributed by atoms with Crippen molar-refractivity contribution in [1.29, 1.82) is 0 Å². The van der Waals surface area contributed by atoms with E-state index in [1.165, 1.54) is 11.3 Å². The Hall–Kier alpha value is -2.14. The van der Waals surface area contributed by atoms with Gasteiger partial charge in [-0.1, -0.05) is 51.0 Å². The normalized spacial score (nSPS) is 17.1. The van der Waals surface area contributed by atoms with Gasteiger partial charge < -0.3 is 21.3 Å². The summed E-state index contributed by atoms with van der Waals surface area (Å²) in [5.41, 5.74) is 8.08. The summed E-state index contributed by atoms with van der Waals surface area (Å²) in [6.45, 7) is 7.99. The fourth-order valence-electron chi connectivity index (χ4n) is 2.95. The molecule has 2 rings (SSSR count). The highest BCUT2D eigenvalue weighted by Crippen LogP contribution is 2.23. The lowest BCUT2D eigenvalue weighted by molar-refractivity contribution is 0.399. The molecule has 0 spiro atoms. The third-order valence-corrected chi connectivity index (χ3v) is 5.26. The molecule has 5 heteroatoms. The zero-order chi connectivity index (χ0) is 19.5. The molecule has 1 aliphatic heterocycles. The average Bonchev–Trinajstić information content (AvgIpc) is 3.12. The summed E-state index contributed by atoms with van der Waals surface area (Å²) in [5, 5.41) is 9.23. The maximum atomic E-state index is 6.03. The van der Waals surface area contributed by atoms with Crippen LogP contribution in [-0.2, 0) is 6.54 Å². The summed E-state index contributed by atoms with van der Waals surface area (Å²) in [6, 6.07) is 2.64. The van der Waals surface area contributed by atoms with Crippen molar-refractivity contribution in [2.24, 2.45) is 5.73 Å². The fourth-order valence-corrected chi connectivity index (χ4v) is 3.79. The molecule has 1 aromatic rings. The number of nitrogens with zero attached hydrogens (tertiary/aromatic N) is 1. The number of hydrogen-bond acceptors (Lipinski definition) is 5. The van der Waals surface area contributed by atoms with Gasteiger partial charge in [0, 0.05) is 33.9 Å². The molecule has 0 saturated heterocycles. The monoisotopic (exact) mass is 386 g/mol. The Morgan fingerprint density at radius 1 is 1.37 bits per heavy atom. The van der Waals surface area contributed by atoms with Gasteiger partial charge in [-0.15, -0.1) is 11.3 Å². The first-order chi connectivity index (χ1) is 13.2. The van der Waals surface area contributed by atoms with Crippen molar-refractivity contribution in [2.45, 2.75) is 59.0 Å². The summed E-state index contributed by atoms with van der Waals surface area (Å²) in [5.74, 6) is 1.16. The van der Waals surface area contributed by atoms with E-state index in [0.717, 1.165) is 43.0 Å². The van der Waals surface area contributed by atoms with E-state index in [2.05, 4.69) is 84.3 Å². The number of rotatable bonds is 11. The second kappa shape index (κ2) is 11.5. The van der Waals surface area contributed by atoms with E-state index in [1.54, 1.807) is 11.3 Å². The predicted molar refractivity (Wildman–Crippen MR) is 119 cm³/mol. The number of nitrogens with one attached hydrogen (secondary N) is 2. The molecule has 1 aromatic heterocycles. The van der Waals surface area contributed by atoms with E-state index < -0.39 is 0 Å². The summed E-state index contributed by atoms with van der Waals surface area (Å²) >= 11 is 1.78. The van der Waals surface area contributed by atoms with Crippen LogP contribution in [0.2, 0.25) is 0 Å². The van der Waals surface area contributed by atoms with Crippen molar-refractivity contribution < 1.29 is 0 Å². The molecule has 2 heterocycles. The van der Waals surface area contributed by atoms with E-state index in [1.807, 2.05) is 0 Å². The van der Waals surface area contributed by atoms with Gasteiger partial charge in [-0.2, -0.15) is 0 Å². The first-order valence-electron chi connectivity index (χ1n) is 9.96. The van der Waals surface area contributed by atoms with Crippen molar-refractivity contribution >= 4 is 17.0 Å². The highest BCUT2D eigenvalue weighted by molar-refractivity contribution is 7.10. The summed E-state index contributed by atoms with van der Waals surface area (Å²) in [7, 11) is 0. The van der Waals surface area contributed by atoms with Crippen molar-refractivity contribution in [3.8, 4) is 0 Å². The molecule has 4 nitrogen and oxygen atoms in total. The Kier molecular flexibility index (Phi) is 9.05. The molecule has 0 amide bonds. The van der Waals surface area contributed by atoms with Gasteiger partial charge in [-0.05, 0) is 31.9 Å². The number of thiophene rings is 1. The Bertz CT molecular complexity index is 684. The molecule has 0 radical (unpaired) electrons. The molecule has 27 heavy (non-hydrogen) atoms. The van der Waals surface area contributed by atoms with Crippen LogP contribution in [0.1, 0.15) is 51.3 Å². The average molecular weight is 387 g/mol. The molecule has 0 bridgehead atoms. The Balaban J connectivity index is 1.96. The van der Waals surface area contributed by atoms with Crippen LogP contribution in [0, 0.1) is 0 Å². The van der Waals surface area contributed by atoms with Gasteiger partial charge in [0.15, 0.2) is 0 Å². The van der Waals surface area contributed by atoms with Crippen LogP contribution in [0.15, 0.2) is 59.5 Å². The highest BCUT2D eigenvalue weighted by atomic mass is 32.1. The highest BCUT2D eigenvalue weighted by Gasteiger charge is 2.14. The maximum Gasteiger partial charge on any atom is 0.106 e. The lowest BCUT2D eigenvalue weighted by Crippen LogP contribution is -2.35. The zero-order valence-corrected chi connectivity index (χ0v) is 17.7. The van der Waals surface area contributed by atoms with Gasteiger partial charge in [0.05, 0.1) is 13.1 Å². The van der Waals surface area contributed by atoms with Gasteiger partial charge in [0.25, 0.3) is 0 Å². The third kappa shape index (κ3) is 7.18. The lowest BCUT2D eigenvalue weighted by atomic mass is 10.1. The SMILES string of the molecule is C/C=C\N(Cc1cc(NC/C(N)=C/CCC)cs1)C1=CC=CC(CCC)N1. The quantitative estimate of drug-likeness (QED) is 0.482.